The van der Waals surface area contributed by atoms with E-state index in [1.54, 1.807) is 16.7 Å². The summed E-state index contributed by atoms with van der Waals surface area (Å²) >= 11 is 3.37. The van der Waals surface area contributed by atoms with Gasteiger partial charge < -0.3 is 9.88 Å². The highest BCUT2D eigenvalue weighted by Crippen LogP contribution is 2.05. The zero-order chi connectivity index (χ0) is 12.7. The van der Waals surface area contributed by atoms with E-state index in [1.165, 1.54) is 0 Å². The smallest absolute Gasteiger partial charge is 0.250 e. The fourth-order valence-corrected chi connectivity index (χ4v) is 1.98. The predicted molar refractivity (Wildman–Crippen MR) is 75.3 cm³/mol. The zero-order valence-electron chi connectivity index (χ0n) is 10.6. The lowest BCUT2D eigenvalue weighted by Crippen LogP contribution is -2.22. The number of pyridine rings is 1. The summed E-state index contributed by atoms with van der Waals surface area (Å²) in [5.74, 6) is 0.697. The van der Waals surface area contributed by atoms with Gasteiger partial charge >= 0.3 is 0 Å². The van der Waals surface area contributed by atoms with Crippen LogP contribution in [0.2, 0.25) is 0 Å². The van der Waals surface area contributed by atoms with Gasteiger partial charge in [-0.2, -0.15) is 0 Å². The normalized spacial score (nSPS) is 11.1. The fraction of sp³-hybridized carbons (Fsp3) is 0.615. The molecule has 1 rings (SSSR count). The molecule has 0 atom stereocenters. The van der Waals surface area contributed by atoms with Crippen LogP contribution in [0.25, 0.3) is 0 Å². The standard InChI is InChI=1S/C13H21BrN2O/c1-11(2)9-15-7-3-4-8-16-10-12(14)5-6-13(16)17/h5-6,10-11,15H,3-4,7-9H2,1-2H3. The quantitative estimate of drug-likeness (QED) is 0.786. The minimum absolute atomic E-state index is 0.0725. The molecule has 0 aliphatic rings. The molecule has 0 aliphatic heterocycles. The molecule has 1 N–H and O–H groups in total. The lowest BCUT2D eigenvalue weighted by atomic mass is 10.2. The molecule has 0 aliphatic carbocycles. The van der Waals surface area contributed by atoms with Gasteiger partial charge in [0.25, 0.3) is 5.56 Å². The average molecular weight is 301 g/mol. The van der Waals surface area contributed by atoms with Gasteiger partial charge in [0.1, 0.15) is 0 Å². The van der Waals surface area contributed by atoms with Crippen molar-refractivity contribution in [2.45, 2.75) is 33.2 Å². The minimum Gasteiger partial charge on any atom is -0.316 e. The number of nitrogens with one attached hydrogen (secondary N) is 1. The molecule has 1 aromatic rings. The Morgan fingerprint density at radius 2 is 2.12 bits per heavy atom. The molecule has 0 spiro atoms. The number of aromatic nitrogens is 1. The van der Waals surface area contributed by atoms with E-state index >= 15 is 0 Å². The second-order valence-electron chi connectivity index (χ2n) is 4.68. The summed E-state index contributed by atoms with van der Waals surface area (Å²) < 4.78 is 2.71. The van der Waals surface area contributed by atoms with Crippen LogP contribution in [0.4, 0.5) is 0 Å². The highest BCUT2D eigenvalue weighted by atomic mass is 79.9. The topological polar surface area (TPSA) is 34.0 Å². The van der Waals surface area contributed by atoms with Crippen LogP contribution in [0, 0.1) is 5.92 Å². The Morgan fingerprint density at radius 3 is 2.82 bits per heavy atom. The van der Waals surface area contributed by atoms with Crippen molar-refractivity contribution in [3.05, 3.63) is 33.2 Å². The van der Waals surface area contributed by atoms with Crippen LogP contribution in [-0.2, 0) is 6.54 Å². The maximum Gasteiger partial charge on any atom is 0.250 e. The first kappa shape index (κ1) is 14.5. The van der Waals surface area contributed by atoms with Crippen molar-refractivity contribution in [1.29, 1.82) is 0 Å². The number of hydrogen-bond donors (Lipinski definition) is 1. The Labute approximate surface area is 111 Å². The number of aryl methyl sites for hydroxylation is 1. The molecule has 1 aromatic heterocycles. The molecule has 1 heterocycles. The fourth-order valence-electron chi connectivity index (χ4n) is 1.60. The van der Waals surface area contributed by atoms with Crippen molar-refractivity contribution in [1.82, 2.24) is 9.88 Å². The zero-order valence-corrected chi connectivity index (χ0v) is 12.2. The number of hydrogen-bond acceptors (Lipinski definition) is 2. The van der Waals surface area contributed by atoms with E-state index in [1.807, 2.05) is 6.20 Å². The van der Waals surface area contributed by atoms with Gasteiger partial charge in [0, 0.05) is 23.3 Å². The van der Waals surface area contributed by atoms with Crippen molar-refractivity contribution in [3.63, 3.8) is 0 Å². The number of unbranched alkanes of at least 4 members (excludes halogenated alkanes) is 1. The third-order valence-electron chi connectivity index (χ3n) is 2.50. The van der Waals surface area contributed by atoms with Gasteiger partial charge in [-0.3, -0.25) is 4.79 Å². The summed E-state index contributed by atoms with van der Waals surface area (Å²) in [6.07, 6.45) is 3.98. The maximum atomic E-state index is 11.5. The number of rotatable bonds is 7. The summed E-state index contributed by atoms with van der Waals surface area (Å²) in [4.78, 5) is 11.5. The Hall–Kier alpha value is -0.610. The molecule has 0 aromatic carbocycles. The Balaban J connectivity index is 2.22. The molecule has 4 heteroatoms. The predicted octanol–water partition coefficient (Wildman–Crippen LogP) is 2.64. The van der Waals surface area contributed by atoms with Crippen LogP contribution in [-0.4, -0.2) is 17.7 Å². The first-order valence-electron chi connectivity index (χ1n) is 6.16. The van der Waals surface area contributed by atoms with E-state index in [4.69, 9.17) is 0 Å². The van der Waals surface area contributed by atoms with Crippen molar-refractivity contribution < 1.29 is 0 Å². The third-order valence-corrected chi connectivity index (χ3v) is 2.97. The summed E-state index contributed by atoms with van der Waals surface area (Å²) in [6, 6.07) is 3.38. The summed E-state index contributed by atoms with van der Waals surface area (Å²) in [5.41, 5.74) is 0.0725. The van der Waals surface area contributed by atoms with E-state index in [9.17, 15) is 4.79 Å². The molecule has 0 saturated carbocycles. The highest BCUT2D eigenvalue weighted by molar-refractivity contribution is 9.10. The van der Waals surface area contributed by atoms with Crippen LogP contribution in [0.15, 0.2) is 27.6 Å². The van der Waals surface area contributed by atoms with Gasteiger partial charge in [-0.1, -0.05) is 13.8 Å². The maximum absolute atomic E-state index is 11.5. The van der Waals surface area contributed by atoms with Gasteiger partial charge in [0.2, 0.25) is 0 Å². The Kier molecular flexibility index (Phi) is 6.52. The van der Waals surface area contributed by atoms with Crippen LogP contribution < -0.4 is 10.9 Å². The second kappa shape index (κ2) is 7.67. The summed E-state index contributed by atoms with van der Waals surface area (Å²) in [5, 5.41) is 3.40. The molecule has 96 valence electrons. The van der Waals surface area contributed by atoms with Gasteiger partial charge in [0.15, 0.2) is 0 Å². The number of halogens is 1. The summed E-state index contributed by atoms with van der Waals surface area (Å²) in [7, 11) is 0. The van der Waals surface area contributed by atoms with Gasteiger partial charge in [0.05, 0.1) is 0 Å². The molecular formula is C13H21BrN2O. The van der Waals surface area contributed by atoms with Gasteiger partial charge in [-0.15, -0.1) is 0 Å². The molecule has 0 fully saturated rings. The Bertz CT molecular complexity index is 387. The Morgan fingerprint density at radius 1 is 1.35 bits per heavy atom. The number of nitrogens with zero attached hydrogens (tertiary/aromatic N) is 1. The van der Waals surface area contributed by atoms with E-state index in [0.29, 0.717) is 5.92 Å². The minimum atomic E-state index is 0.0725. The van der Waals surface area contributed by atoms with Crippen molar-refractivity contribution in [2.75, 3.05) is 13.1 Å². The first-order valence-corrected chi connectivity index (χ1v) is 6.95. The van der Waals surface area contributed by atoms with Gasteiger partial charge in [-0.05, 0) is 53.8 Å². The molecule has 0 bridgehead atoms. The monoisotopic (exact) mass is 300 g/mol. The van der Waals surface area contributed by atoms with E-state index < -0.39 is 0 Å². The molecular weight excluding hydrogens is 280 g/mol. The molecule has 3 nitrogen and oxygen atoms in total. The first-order chi connectivity index (χ1) is 8.09. The lowest BCUT2D eigenvalue weighted by molar-refractivity contribution is 0.516. The van der Waals surface area contributed by atoms with Crippen molar-refractivity contribution in [3.8, 4) is 0 Å². The molecule has 0 unspecified atom stereocenters. The highest BCUT2D eigenvalue weighted by Gasteiger charge is 1.97. The van der Waals surface area contributed by atoms with Crippen LogP contribution in [0.3, 0.4) is 0 Å². The van der Waals surface area contributed by atoms with Crippen LogP contribution in [0.1, 0.15) is 26.7 Å². The van der Waals surface area contributed by atoms with Crippen LogP contribution >= 0.6 is 15.9 Å². The molecule has 17 heavy (non-hydrogen) atoms. The van der Waals surface area contributed by atoms with Crippen LogP contribution in [0.5, 0.6) is 0 Å². The molecule has 0 amide bonds. The molecule has 0 radical (unpaired) electrons. The SMILES string of the molecule is CC(C)CNCCCCn1cc(Br)ccc1=O. The van der Waals surface area contributed by atoms with E-state index in [0.717, 1.165) is 36.9 Å². The average Bonchev–Trinajstić information content (AvgIpc) is 2.27. The third kappa shape index (κ3) is 6.03. The van der Waals surface area contributed by atoms with Crippen molar-refractivity contribution in [2.24, 2.45) is 5.92 Å². The van der Waals surface area contributed by atoms with E-state index in [2.05, 4.69) is 35.1 Å². The van der Waals surface area contributed by atoms with Crippen molar-refractivity contribution >= 4 is 15.9 Å². The molecule has 0 saturated heterocycles. The van der Waals surface area contributed by atoms with Gasteiger partial charge in [-0.25, -0.2) is 0 Å². The van der Waals surface area contributed by atoms with E-state index in [-0.39, 0.29) is 5.56 Å². The largest absolute Gasteiger partial charge is 0.316 e. The lowest BCUT2D eigenvalue weighted by Gasteiger charge is -2.08. The summed E-state index contributed by atoms with van der Waals surface area (Å²) in [6.45, 7) is 7.29. The second-order valence-corrected chi connectivity index (χ2v) is 5.60.